The van der Waals surface area contributed by atoms with Crippen molar-refractivity contribution in [1.29, 1.82) is 0 Å². The van der Waals surface area contributed by atoms with Crippen LogP contribution in [0.3, 0.4) is 0 Å². The molecule has 1 fully saturated rings. The maximum atomic E-state index is 11.9. The Morgan fingerprint density at radius 2 is 2.20 bits per heavy atom. The number of aromatic nitrogens is 2. The third-order valence-corrected chi connectivity index (χ3v) is 3.02. The van der Waals surface area contributed by atoms with Crippen LogP contribution in [0.25, 0.3) is 0 Å². The van der Waals surface area contributed by atoms with Crippen molar-refractivity contribution in [2.75, 3.05) is 29.0 Å². The number of hydrogen-bond donors (Lipinski definition) is 3. The number of nitrogens with zero attached hydrogens (tertiary/aromatic N) is 3. The fourth-order valence-corrected chi connectivity index (χ4v) is 2.18. The van der Waals surface area contributed by atoms with Gasteiger partial charge < -0.3 is 16.0 Å². The lowest BCUT2D eigenvalue weighted by Gasteiger charge is -2.34. The number of imide groups is 1. The highest BCUT2D eigenvalue weighted by atomic mass is 16.2. The van der Waals surface area contributed by atoms with Crippen LogP contribution in [-0.2, 0) is 9.59 Å². The van der Waals surface area contributed by atoms with E-state index >= 15 is 0 Å². The van der Waals surface area contributed by atoms with Crippen LogP contribution in [0.4, 0.5) is 17.6 Å². The molecule has 0 radical (unpaired) electrons. The molecule has 8 nitrogen and oxygen atoms in total. The van der Waals surface area contributed by atoms with Gasteiger partial charge in [-0.05, 0) is 13.3 Å². The van der Waals surface area contributed by atoms with E-state index in [0.29, 0.717) is 24.6 Å². The van der Waals surface area contributed by atoms with Gasteiger partial charge in [0.25, 0.3) is 0 Å². The fourth-order valence-electron chi connectivity index (χ4n) is 2.18. The van der Waals surface area contributed by atoms with Crippen LogP contribution in [0, 0.1) is 0 Å². The predicted molar refractivity (Wildman–Crippen MR) is 75.2 cm³/mol. The topological polar surface area (TPSA) is 113 Å². The van der Waals surface area contributed by atoms with Gasteiger partial charge in [-0.1, -0.05) is 6.92 Å². The Morgan fingerprint density at radius 3 is 2.85 bits per heavy atom. The molecular weight excluding hydrogens is 260 g/mol. The van der Waals surface area contributed by atoms with E-state index in [-0.39, 0.29) is 24.3 Å². The molecule has 1 aliphatic heterocycles. The number of nitrogens with two attached hydrogens (primary N) is 1. The summed E-state index contributed by atoms with van der Waals surface area (Å²) in [5, 5.41) is 5.36. The van der Waals surface area contributed by atoms with E-state index in [0.717, 1.165) is 0 Å². The van der Waals surface area contributed by atoms with Gasteiger partial charge in [-0.25, -0.2) is 0 Å². The fraction of sp³-hybridized carbons (Fsp3) is 0.500. The molecule has 0 aliphatic carbocycles. The van der Waals surface area contributed by atoms with Crippen molar-refractivity contribution in [2.45, 2.75) is 26.3 Å². The summed E-state index contributed by atoms with van der Waals surface area (Å²) in [4.78, 5) is 33.2. The number of nitrogens with one attached hydrogen (secondary N) is 2. The first kappa shape index (κ1) is 14.0. The third-order valence-electron chi connectivity index (χ3n) is 3.02. The number of carbonyl (C=O) groups excluding carboxylic acids is 2. The van der Waals surface area contributed by atoms with Gasteiger partial charge in [-0.2, -0.15) is 9.97 Å². The van der Waals surface area contributed by atoms with Crippen LogP contribution >= 0.6 is 0 Å². The maximum absolute atomic E-state index is 11.9. The SMILES string of the molecule is CCNc1cc(N2CC(=O)NC(=O)C2CC)nc(N)n1. The molecule has 1 atom stereocenters. The summed E-state index contributed by atoms with van der Waals surface area (Å²) in [5.74, 6) is 0.492. The lowest BCUT2D eigenvalue weighted by atomic mass is 10.1. The minimum Gasteiger partial charge on any atom is -0.370 e. The molecule has 2 amide bonds. The molecule has 1 aromatic rings. The van der Waals surface area contributed by atoms with E-state index in [4.69, 9.17) is 5.73 Å². The molecule has 108 valence electrons. The van der Waals surface area contributed by atoms with Crippen molar-refractivity contribution in [2.24, 2.45) is 0 Å². The monoisotopic (exact) mass is 278 g/mol. The molecule has 0 aromatic carbocycles. The second-order valence-electron chi connectivity index (χ2n) is 4.46. The molecule has 4 N–H and O–H groups in total. The number of piperazine rings is 1. The lowest BCUT2D eigenvalue weighted by molar-refractivity contribution is -0.132. The largest absolute Gasteiger partial charge is 0.370 e. The summed E-state index contributed by atoms with van der Waals surface area (Å²) in [6, 6.07) is 1.26. The highest BCUT2D eigenvalue weighted by molar-refractivity contribution is 6.04. The molecule has 20 heavy (non-hydrogen) atoms. The Bertz CT molecular complexity index is 533. The first-order chi connectivity index (χ1) is 9.55. The molecule has 0 bridgehead atoms. The summed E-state index contributed by atoms with van der Waals surface area (Å²) >= 11 is 0. The summed E-state index contributed by atoms with van der Waals surface area (Å²) in [6.45, 7) is 4.58. The Balaban J connectivity index is 2.36. The van der Waals surface area contributed by atoms with Gasteiger partial charge in [-0.15, -0.1) is 0 Å². The number of rotatable bonds is 4. The molecule has 2 heterocycles. The van der Waals surface area contributed by atoms with Crippen molar-refractivity contribution in [3.63, 3.8) is 0 Å². The van der Waals surface area contributed by atoms with Crippen LogP contribution in [0.2, 0.25) is 0 Å². The Hall–Kier alpha value is -2.38. The van der Waals surface area contributed by atoms with E-state index in [1.165, 1.54) is 0 Å². The quantitative estimate of drug-likeness (QED) is 0.650. The zero-order valence-electron chi connectivity index (χ0n) is 11.5. The van der Waals surface area contributed by atoms with Crippen molar-refractivity contribution >= 4 is 29.4 Å². The van der Waals surface area contributed by atoms with Gasteiger partial charge in [0.2, 0.25) is 17.8 Å². The molecule has 1 unspecified atom stereocenters. The third kappa shape index (κ3) is 2.79. The zero-order valence-corrected chi connectivity index (χ0v) is 11.5. The minimum absolute atomic E-state index is 0.0757. The standard InChI is InChI=1S/C12H18N6O2/c1-3-7-11(20)17-10(19)6-18(7)9-5-8(14-4-2)15-12(13)16-9/h5,7H,3-4,6H2,1-2H3,(H,17,19,20)(H3,13,14,15,16). The van der Waals surface area contributed by atoms with Gasteiger partial charge in [0, 0.05) is 12.6 Å². The van der Waals surface area contributed by atoms with Gasteiger partial charge >= 0.3 is 0 Å². The van der Waals surface area contributed by atoms with E-state index in [2.05, 4.69) is 20.6 Å². The summed E-state index contributed by atoms with van der Waals surface area (Å²) < 4.78 is 0. The summed E-state index contributed by atoms with van der Waals surface area (Å²) in [7, 11) is 0. The highest BCUT2D eigenvalue weighted by Crippen LogP contribution is 2.22. The van der Waals surface area contributed by atoms with E-state index in [9.17, 15) is 9.59 Å². The number of nitrogen functional groups attached to an aromatic ring is 1. The number of carbonyl (C=O) groups is 2. The maximum Gasteiger partial charge on any atom is 0.249 e. The van der Waals surface area contributed by atoms with Gasteiger partial charge in [0.1, 0.15) is 17.7 Å². The Morgan fingerprint density at radius 1 is 1.45 bits per heavy atom. The molecule has 1 aromatic heterocycles. The highest BCUT2D eigenvalue weighted by Gasteiger charge is 2.33. The second-order valence-corrected chi connectivity index (χ2v) is 4.46. The number of anilines is 3. The summed E-state index contributed by atoms with van der Waals surface area (Å²) in [6.07, 6.45) is 0.569. The molecule has 0 saturated carbocycles. The number of hydrogen-bond acceptors (Lipinski definition) is 7. The van der Waals surface area contributed by atoms with Crippen LogP contribution in [-0.4, -0.2) is 40.9 Å². The first-order valence-electron chi connectivity index (χ1n) is 6.53. The Kier molecular flexibility index (Phi) is 4.02. The van der Waals surface area contributed by atoms with Crippen molar-refractivity contribution in [1.82, 2.24) is 15.3 Å². The van der Waals surface area contributed by atoms with Crippen molar-refractivity contribution in [3.8, 4) is 0 Å². The second kappa shape index (κ2) is 5.72. The van der Waals surface area contributed by atoms with E-state index in [1.807, 2.05) is 13.8 Å². The normalized spacial score (nSPS) is 18.9. The van der Waals surface area contributed by atoms with Crippen LogP contribution < -0.4 is 21.3 Å². The molecule has 8 heteroatoms. The summed E-state index contributed by atoms with van der Waals surface area (Å²) in [5.41, 5.74) is 5.68. The lowest BCUT2D eigenvalue weighted by Crippen LogP contribution is -2.58. The average Bonchev–Trinajstić information content (AvgIpc) is 2.37. The Labute approximate surface area is 116 Å². The molecule has 1 aliphatic rings. The molecular formula is C12H18N6O2. The van der Waals surface area contributed by atoms with Gasteiger partial charge in [0.15, 0.2) is 0 Å². The smallest absolute Gasteiger partial charge is 0.249 e. The molecule has 2 rings (SSSR count). The van der Waals surface area contributed by atoms with E-state index in [1.54, 1.807) is 11.0 Å². The van der Waals surface area contributed by atoms with Crippen molar-refractivity contribution < 1.29 is 9.59 Å². The average molecular weight is 278 g/mol. The molecule has 1 saturated heterocycles. The molecule has 0 spiro atoms. The predicted octanol–water partition coefficient (Wildman–Crippen LogP) is -0.268. The van der Waals surface area contributed by atoms with Crippen LogP contribution in [0.15, 0.2) is 6.07 Å². The van der Waals surface area contributed by atoms with Crippen LogP contribution in [0.5, 0.6) is 0 Å². The van der Waals surface area contributed by atoms with Gasteiger partial charge in [0.05, 0.1) is 6.54 Å². The van der Waals surface area contributed by atoms with Gasteiger partial charge in [-0.3, -0.25) is 14.9 Å². The van der Waals surface area contributed by atoms with Crippen LogP contribution in [0.1, 0.15) is 20.3 Å². The zero-order chi connectivity index (χ0) is 14.7. The minimum atomic E-state index is -0.434. The van der Waals surface area contributed by atoms with E-state index < -0.39 is 6.04 Å². The van der Waals surface area contributed by atoms with Crippen molar-refractivity contribution in [3.05, 3.63) is 6.07 Å². The number of amides is 2. The first-order valence-corrected chi connectivity index (χ1v) is 6.53.